The van der Waals surface area contributed by atoms with Crippen LogP contribution in [-0.4, -0.2) is 61.9 Å². The number of pyridine rings is 1. The summed E-state index contributed by atoms with van der Waals surface area (Å²) in [6.45, 7) is 9.61. The first-order chi connectivity index (χ1) is 14.6. The van der Waals surface area contributed by atoms with Crippen molar-refractivity contribution in [3.63, 3.8) is 0 Å². The Balaban J connectivity index is 0.00000341. The van der Waals surface area contributed by atoms with E-state index in [1.54, 1.807) is 0 Å². The Morgan fingerprint density at radius 3 is 2.61 bits per heavy atom. The third-order valence-corrected chi connectivity index (χ3v) is 5.59. The van der Waals surface area contributed by atoms with E-state index < -0.39 is 0 Å². The first-order valence-corrected chi connectivity index (χ1v) is 11.3. The number of hydrogen-bond acceptors (Lipinski definition) is 5. The molecule has 0 radical (unpaired) electrons. The van der Waals surface area contributed by atoms with E-state index in [9.17, 15) is 4.79 Å². The van der Waals surface area contributed by atoms with Gasteiger partial charge in [-0.05, 0) is 64.5 Å². The number of amides is 1. The van der Waals surface area contributed by atoms with E-state index in [-0.39, 0.29) is 36.1 Å². The van der Waals surface area contributed by atoms with Crippen LogP contribution in [0.25, 0.3) is 0 Å². The van der Waals surface area contributed by atoms with E-state index in [1.165, 1.54) is 0 Å². The fourth-order valence-electron chi connectivity index (χ4n) is 3.80. The Hall–Kier alpha value is -1.78. The van der Waals surface area contributed by atoms with Gasteiger partial charge >= 0.3 is 6.09 Å². The zero-order valence-electron chi connectivity index (χ0n) is 18.9. The van der Waals surface area contributed by atoms with Crippen molar-refractivity contribution in [1.82, 2.24) is 20.9 Å². The van der Waals surface area contributed by atoms with Crippen molar-refractivity contribution in [2.75, 3.05) is 37.7 Å². The number of aliphatic imine (C=N–C) groups is 1. The lowest BCUT2D eigenvalue weighted by Gasteiger charge is -2.34. The normalized spacial score (nSPS) is 18.0. The topological polar surface area (TPSA) is 90.9 Å². The van der Waals surface area contributed by atoms with E-state index >= 15 is 0 Å². The number of piperidine rings is 1. The van der Waals surface area contributed by atoms with Crippen molar-refractivity contribution in [2.24, 2.45) is 10.9 Å². The zero-order valence-corrected chi connectivity index (χ0v) is 21.2. The highest BCUT2D eigenvalue weighted by atomic mass is 127. The zero-order chi connectivity index (χ0) is 21.3. The SMILES string of the molecule is CCNC(=NCC(NC(=O)OCC)C1CC1)NC1CCN(c2cccc(C)n2)CC1.I. The number of carbonyl (C=O) groups excluding carboxylic acids is 1. The predicted octanol–water partition coefficient (Wildman–Crippen LogP) is 3.06. The number of hydrogen-bond donors (Lipinski definition) is 3. The van der Waals surface area contributed by atoms with Gasteiger partial charge in [-0.25, -0.2) is 9.78 Å². The molecule has 174 valence electrons. The average Bonchev–Trinajstić information content (AvgIpc) is 3.57. The Labute approximate surface area is 203 Å². The largest absolute Gasteiger partial charge is 0.450 e. The summed E-state index contributed by atoms with van der Waals surface area (Å²) in [4.78, 5) is 23.6. The standard InChI is InChI=1S/C22H36N6O2.HI/c1-4-23-21(24-15-19(17-9-10-17)27-22(29)30-5-2)26-18-11-13-28(14-12-18)20-8-6-7-16(3)25-20;/h6-8,17-19H,4-5,9-15H2,1-3H3,(H,27,29)(H2,23,24,26);1H. The molecule has 1 aliphatic carbocycles. The Kier molecular flexibility index (Phi) is 10.6. The van der Waals surface area contributed by atoms with E-state index in [2.05, 4.69) is 44.9 Å². The summed E-state index contributed by atoms with van der Waals surface area (Å²) in [5.74, 6) is 2.39. The van der Waals surface area contributed by atoms with Crippen LogP contribution in [0.2, 0.25) is 0 Å². The van der Waals surface area contributed by atoms with Crippen LogP contribution >= 0.6 is 24.0 Å². The summed E-state index contributed by atoms with van der Waals surface area (Å²) >= 11 is 0. The molecule has 2 aliphatic rings. The fraction of sp³-hybridized carbons (Fsp3) is 0.682. The minimum Gasteiger partial charge on any atom is -0.450 e. The quantitative estimate of drug-likeness (QED) is 0.265. The van der Waals surface area contributed by atoms with Gasteiger partial charge in [0, 0.05) is 31.4 Å². The summed E-state index contributed by atoms with van der Waals surface area (Å²) < 4.78 is 5.04. The molecule has 9 heteroatoms. The second-order valence-electron chi connectivity index (χ2n) is 8.07. The van der Waals surface area contributed by atoms with Crippen LogP contribution < -0.4 is 20.9 Å². The molecule has 3 rings (SSSR count). The highest BCUT2D eigenvalue weighted by Crippen LogP contribution is 2.32. The number of nitrogens with one attached hydrogen (secondary N) is 3. The van der Waals surface area contributed by atoms with E-state index in [0.29, 0.717) is 25.1 Å². The van der Waals surface area contributed by atoms with Crippen LogP contribution in [0.3, 0.4) is 0 Å². The fourth-order valence-corrected chi connectivity index (χ4v) is 3.80. The first-order valence-electron chi connectivity index (χ1n) is 11.3. The number of alkyl carbamates (subject to hydrolysis) is 1. The first kappa shape index (κ1) is 25.5. The molecule has 1 aromatic rings. The molecule has 8 nitrogen and oxygen atoms in total. The van der Waals surface area contributed by atoms with Crippen LogP contribution in [0.5, 0.6) is 0 Å². The monoisotopic (exact) mass is 544 g/mol. The number of anilines is 1. The number of nitrogens with zero attached hydrogens (tertiary/aromatic N) is 3. The molecule has 1 aliphatic heterocycles. The summed E-state index contributed by atoms with van der Waals surface area (Å²) in [5, 5.41) is 9.90. The number of carbonyl (C=O) groups is 1. The minimum absolute atomic E-state index is 0. The summed E-state index contributed by atoms with van der Waals surface area (Å²) in [7, 11) is 0. The van der Waals surface area contributed by atoms with Crippen LogP contribution in [0.15, 0.2) is 23.2 Å². The third kappa shape index (κ3) is 8.34. The average molecular weight is 544 g/mol. The highest BCUT2D eigenvalue weighted by molar-refractivity contribution is 14.0. The molecule has 31 heavy (non-hydrogen) atoms. The Bertz CT molecular complexity index is 720. The molecule has 1 saturated carbocycles. The van der Waals surface area contributed by atoms with Gasteiger partial charge in [0.15, 0.2) is 5.96 Å². The predicted molar refractivity (Wildman–Crippen MR) is 135 cm³/mol. The number of guanidine groups is 1. The van der Waals surface area contributed by atoms with Gasteiger partial charge < -0.3 is 25.6 Å². The van der Waals surface area contributed by atoms with E-state index in [1.807, 2.05) is 19.9 Å². The lowest BCUT2D eigenvalue weighted by atomic mass is 10.1. The molecule has 0 aromatic carbocycles. The van der Waals surface area contributed by atoms with Gasteiger partial charge in [0.05, 0.1) is 19.2 Å². The number of ether oxygens (including phenoxy) is 1. The van der Waals surface area contributed by atoms with Crippen molar-refractivity contribution in [1.29, 1.82) is 0 Å². The molecule has 3 N–H and O–H groups in total. The maximum Gasteiger partial charge on any atom is 0.407 e. The number of halogens is 1. The van der Waals surface area contributed by atoms with Crippen LogP contribution in [-0.2, 0) is 4.74 Å². The lowest BCUT2D eigenvalue weighted by Crippen LogP contribution is -2.49. The molecule has 1 aromatic heterocycles. The molecular formula is C22H37IN6O2. The number of aromatic nitrogens is 1. The van der Waals surface area contributed by atoms with E-state index in [0.717, 1.165) is 62.8 Å². The molecular weight excluding hydrogens is 507 g/mol. The van der Waals surface area contributed by atoms with Gasteiger partial charge in [-0.15, -0.1) is 24.0 Å². The molecule has 1 amide bonds. The molecule has 1 unspecified atom stereocenters. The molecule has 1 atom stereocenters. The van der Waals surface area contributed by atoms with Crippen LogP contribution in [0.1, 0.15) is 45.2 Å². The molecule has 1 saturated heterocycles. The number of rotatable bonds is 8. The Morgan fingerprint density at radius 1 is 1.26 bits per heavy atom. The summed E-state index contributed by atoms with van der Waals surface area (Å²) in [5.41, 5.74) is 1.05. The van der Waals surface area contributed by atoms with Gasteiger partial charge in [0.25, 0.3) is 0 Å². The van der Waals surface area contributed by atoms with Crippen LogP contribution in [0.4, 0.5) is 10.6 Å². The van der Waals surface area contributed by atoms with Gasteiger partial charge in [0.1, 0.15) is 5.82 Å². The van der Waals surface area contributed by atoms with E-state index in [4.69, 9.17) is 9.73 Å². The highest BCUT2D eigenvalue weighted by Gasteiger charge is 2.32. The van der Waals surface area contributed by atoms with Crippen molar-refractivity contribution in [2.45, 2.75) is 58.5 Å². The Morgan fingerprint density at radius 2 is 2.00 bits per heavy atom. The van der Waals surface area contributed by atoms with Gasteiger partial charge in [0.2, 0.25) is 0 Å². The van der Waals surface area contributed by atoms with Crippen molar-refractivity contribution in [3.8, 4) is 0 Å². The summed E-state index contributed by atoms with van der Waals surface area (Å²) in [6.07, 6.45) is 4.00. The summed E-state index contributed by atoms with van der Waals surface area (Å²) in [6, 6.07) is 6.59. The van der Waals surface area contributed by atoms with Crippen molar-refractivity contribution in [3.05, 3.63) is 23.9 Å². The second-order valence-corrected chi connectivity index (χ2v) is 8.07. The minimum atomic E-state index is -0.348. The second kappa shape index (κ2) is 12.9. The van der Waals surface area contributed by atoms with Gasteiger partial charge in [-0.2, -0.15) is 0 Å². The molecule has 2 fully saturated rings. The maximum atomic E-state index is 11.8. The van der Waals surface area contributed by atoms with Crippen molar-refractivity contribution < 1.29 is 9.53 Å². The molecule has 2 heterocycles. The molecule has 0 spiro atoms. The van der Waals surface area contributed by atoms with Gasteiger partial charge in [-0.3, -0.25) is 4.99 Å². The lowest BCUT2D eigenvalue weighted by molar-refractivity contribution is 0.147. The van der Waals surface area contributed by atoms with Gasteiger partial charge in [-0.1, -0.05) is 6.07 Å². The van der Waals surface area contributed by atoms with Crippen molar-refractivity contribution >= 4 is 41.8 Å². The van der Waals surface area contributed by atoms with Crippen LogP contribution in [0, 0.1) is 12.8 Å². The third-order valence-electron chi connectivity index (χ3n) is 5.59. The maximum absolute atomic E-state index is 11.8. The smallest absolute Gasteiger partial charge is 0.407 e. The number of aryl methyl sites for hydroxylation is 1. The molecule has 0 bridgehead atoms.